The number of aliphatic imine (C=N–C) groups is 1. The highest BCUT2D eigenvalue weighted by molar-refractivity contribution is 5.80. The smallest absolute Gasteiger partial charge is 0.370 e. The second kappa shape index (κ2) is 2.91. The van der Waals surface area contributed by atoms with Gasteiger partial charge in [0.05, 0.1) is 6.42 Å². The molecule has 4 nitrogen and oxygen atoms in total. The van der Waals surface area contributed by atoms with Crippen LogP contribution in [0.4, 0.5) is 13.2 Å². The minimum atomic E-state index is -4.36. The summed E-state index contributed by atoms with van der Waals surface area (Å²) in [6.45, 7) is 0. The summed E-state index contributed by atoms with van der Waals surface area (Å²) < 4.78 is 35.9. The molecule has 1 aliphatic rings. The number of hydrogen-bond donors (Lipinski definition) is 3. The van der Waals surface area contributed by atoms with Crippen molar-refractivity contribution in [2.45, 2.75) is 18.3 Å². The number of nitrogens with one attached hydrogen (secondary N) is 1. The molecule has 1 atom stereocenters. The van der Waals surface area contributed by atoms with E-state index in [0.29, 0.717) is 0 Å². The number of rotatable bonds is 1. The van der Waals surface area contributed by atoms with Gasteiger partial charge in [-0.15, -0.1) is 0 Å². The first kappa shape index (κ1) is 9.85. The van der Waals surface area contributed by atoms with Crippen LogP contribution in [0.1, 0.15) is 6.42 Å². The van der Waals surface area contributed by atoms with E-state index in [2.05, 4.69) is 10.3 Å². The van der Waals surface area contributed by atoms with Crippen molar-refractivity contribution in [2.75, 3.05) is 0 Å². The van der Waals surface area contributed by atoms with Gasteiger partial charge < -0.3 is 16.8 Å². The quantitative estimate of drug-likeness (QED) is 0.551. The Bertz CT molecular complexity index is 257. The molecule has 13 heavy (non-hydrogen) atoms. The van der Waals surface area contributed by atoms with E-state index in [4.69, 9.17) is 11.5 Å². The number of guanidine groups is 1. The number of hydrogen-bond acceptors (Lipinski definition) is 4. The van der Waals surface area contributed by atoms with Crippen LogP contribution in [0.25, 0.3) is 0 Å². The molecular weight excluding hydrogens is 185 g/mol. The van der Waals surface area contributed by atoms with Gasteiger partial charge in [0, 0.05) is 6.20 Å². The highest BCUT2D eigenvalue weighted by Crippen LogP contribution is 2.28. The van der Waals surface area contributed by atoms with E-state index in [1.165, 1.54) is 6.20 Å². The van der Waals surface area contributed by atoms with Crippen molar-refractivity contribution in [3.8, 4) is 0 Å². The molecule has 0 aliphatic carbocycles. The van der Waals surface area contributed by atoms with E-state index < -0.39 is 18.3 Å². The van der Waals surface area contributed by atoms with Crippen LogP contribution >= 0.6 is 0 Å². The SMILES string of the molecule is NC1=NC(N)(CC(F)(F)F)C=CN1. The predicted molar refractivity (Wildman–Crippen MR) is 41.5 cm³/mol. The zero-order chi connectivity index (χ0) is 10.1. The predicted octanol–water partition coefficient (Wildman–Crippen LogP) is 0.0254. The van der Waals surface area contributed by atoms with Crippen molar-refractivity contribution < 1.29 is 13.2 Å². The number of nitrogens with two attached hydrogens (primary N) is 2. The van der Waals surface area contributed by atoms with Gasteiger partial charge in [0.2, 0.25) is 0 Å². The van der Waals surface area contributed by atoms with Crippen LogP contribution < -0.4 is 16.8 Å². The molecule has 74 valence electrons. The Morgan fingerprint density at radius 3 is 2.62 bits per heavy atom. The summed E-state index contributed by atoms with van der Waals surface area (Å²) in [5.41, 5.74) is 8.72. The van der Waals surface area contributed by atoms with Crippen LogP contribution in [-0.4, -0.2) is 17.8 Å². The van der Waals surface area contributed by atoms with Gasteiger partial charge in [-0.3, -0.25) is 0 Å². The molecule has 0 aromatic heterocycles. The van der Waals surface area contributed by atoms with Crippen LogP contribution in [0.5, 0.6) is 0 Å². The summed E-state index contributed by atoms with van der Waals surface area (Å²) in [5.74, 6) is -0.116. The molecule has 7 heteroatoms. The lowest BCUT2D eigenvalue weighted by atomic mass is 10.1. The average molecular weight is 194 g/mol. The molecule has 0 fully saturated rings. The lowest BCUT2D eigenvalue weighted by Crippen LogP contribution is -2.47. The van der Waals surface area contributed by atoms with E-state index in [9.17, 15) is 13.2 Å². The summed E-state index contributed by atoms with van der Waals surface area (Å²) in [6, 6.07) is 0. The largest absolute Gasteiger partial charge is 0.393 e. The number of halogens is 3. The Morgan fingerprint density at radius 1 is 1.54 bits per heavy atom. The molecule has 0 spiro atoms. The first-order valence-electron chi connectivity index (χ1n) is 3.46. The van der Waals surface area contributed by atoms with Gasteiger partial charge in [0.25, 0.3) is 0 Å². The molecule has 0 saturated carbocycles. The van der Waals surface area contributed by atoms with Crippen molar-refractivity contribution in [2.24, 2.45) is 16.5 Å². The Hall–Kier alpha value is -1.24. The van der Waals surface area contributed by atoms with Crippen LogP contribution in [0.3, 0.4) is 0 Å². The Kier molecular flexibility index (Phi) is 2.21. The fraction of sp³-hybridized carbons (Fsp3) is 0.500. The minimum absolute atomic E-state index is 0.116. The summed E-state index contributed by atoms with van der Waals surface area (Å²) in [7, 11) is 0. The fourth-order valence-electron chi connectivity index (χ4n) is 0.985. The zero-order valence-corrected chi connectivity index (χ0v) is 6.60. The van der Waals surface area contributed by atoms with Crippen molar-refractivity contribution in [1.29, 1.82) is 0 Å². The average Bonchev–Trinajstić information content (AvgIpc) is 1.79. The third-order valence-electron chi connectivity index (χ3n) is 1.42. The third-order valence-corrected chi connectivity index (χ3v) is 1.42. The van der Waals surface area contributed by atoms with Gasteiger partial charge in [0.1, 0.15) is 5.66 Å². The Balaban J connectivity index is 2.76. The molecule has 0 saturated heterocycles. The fourth-order valence-corrected chi connectivity index (χ4v) is 0.985. The minimum Gasteiger partial charge on any atom is -0.370 e. The standard InChI is InChI=1S/C6H9F3N4/c7-6(8,9)3-5(11)1-2-12-4(10)13-5/h1-2H,3,11H2,(H3,10,12,13). The van der Waals surface area contributed by atoms with Gasteiger partial charge in [-0.05, 0) is 6.08 Å². The monoisotopic (exact) mass is 194 g/mol. The maximum absolute atomic E-state index is 12.0. The molecule has 1 unspecified atom stereocenters. The van der Waals surface area contributed by atoms with Crippen molar-refractivity contribution in [1.82, 2.24) is 5.32 Å². The van der Waals surface area contributed by atoms with Crippen LogP contribution in [0.15, 0.2) is 17.3 Å². The Morgan fingerprint density at radius 2 is 2.15 bits per heavy atom. The third kappa shape index (κ3) is 2.94. The molecule has 0 radical (unpaired) electrons. The van der Waals surface area contributed by atoms with E-state index >= 15 is 0 Å². The second-order valence-corrected chi connectivity index (χ2v) is 2.76. The first-order valence-corrected chi connectivity index (χ1v) is 3.46. The second-order valence-electron chi connectivity index (χ2n) is 2.76. The lowest BCUT2D eigenvalue weighted by molar-refractivity contribution is -0.143. The first-order chi connectivity index (χ1) is 5.81. The molecular formula is C6H9F3N4. The van der Waals surface area contributed by atoms with E-state index in [1.807, 2.05) is 0 Å². The molecule has 0 bridgehead atoms. The van der Waals surface area contributed by atoms with Gasteiger partial charge >= 0.3 is 6.18 Å². The zero-order valence-electron chi connectivity index (χ0n) is 6.60. The lowest BCUT2D eigenvalue weighted by Gasteiger charge is -2.25. The maximum Gasteiger partial charge on any atom is 0.393 e. The van der Waals surface area contributed by atoms with Crippen molar-refractivity contribution in [3.05, 3.63) is 12.3 Å². The molecule has 1 rings (SSSR count). The van der Waals surface area contributed by atoms with Crippen LogP contribution in [-0.2, 0) is 0 Å². The highest BCUT2D eigenvalue weighted by atomic mass is 19.4. The van der Waals surface area contributed by atoms with E-state index in [0.717, 1.165) is 6.08 Å². The van der Waals surface area contributed by atoms with Crippen LogP contribution in [0.2, 0.25) is 0 Å². The van der Waals surface area contributed by atoms with Gasteiger partial charge in [0.15, 0.2) is 5.96 Å². The van der Waals surface area contributed by atoms with Crippen molar-refractivity contribution in [3.63, 3.8) is 0 Å². The Labute approximate surface area is 72.5 Å². The normalized spacial score (nSPS) is 28.2. The molecule has 0 aromatic carbocycles. The molecule has 1 heterocycles. The summed E-state index contributed by atoms with van der Waals surface area (Å²) >= 11 is 0. The van der Waals surface area contributed by atoms with Gasteiger partial charge in [-0.25, -0.2) is 4.99 Å². The summed E-state index contributed by atoms with van der Waals surface area (Å²) in [4.78, 5) is 3.45. The van der Waals surface area contributed by atoms with E-state index in [-0.39, 0.29) is 5.96 Å². The van der Waals surface area contributed by atoms with Gasteiger partial charge in [-0.1, -0.05) is 0 Å². The number of nitrogens with zero attached hydrogens (tertiary/aromatic N) is 1. The topological polar surface area (TPSA) is 76.4 Å². The van der Waals surface area contributed by atoms with Gasteiger partial charge in [-0.2, -0.15) is 13.2 Å². The molecule has 5 N–H and O–H groups in total. The maximum atomic E-state index is 12.0. The van der Waals surface area contributed by atoms with E-state index in [1.54, 1.807) is 0 Å². The molecule has 1 aliphatic heterocycles. The highest BCUT2D eigenvalue weighted by Gasteiger charge is 2.39. The summed E-state index contributed by atoms with van der Waals surface area (Å²) in [6.07, 6.45) is -3.22. The van der Waals surface area contributed by atoms with Crippen molar-refractivity contribution >= 4 is 5.96 Å². The number of alkyl halides is 3. The molecule has 0 aromatic rings. The summed E-state index contributed by atoms with van der Waals surface area (Å²) in [5, 5.41) is 2.42. The molecule has 0 amide bonds. The van der Waals surface area contributed by atoms with Crippen LogP contribution in [0, 0.1) is 0 Å².